The fourth-order valence-electron chi connectivity index (χ4n) is 2.98. The predicted molar refractivity (Wildman–Crippen MR) is 103 cm³/mol. The standard InChI is InChI=1S/C15H21N3O2S3.ClH/c1-10-17-13(9-21-10)14-6-7-15(22-14)23(19,20)18-12-5-3-2-4-11(12)8-16;/h6-7,9,11-12,18H,2-5,8,16H2,1H3;1H. The third kappa shape index (κ3) is 4.36. The highest BCUT2D eigenvalue weighted by Gasteiger charge is 2.29. The Kier molecular flexibility index (Phi) is 6.81. The van der Waals surface area contributed by atoms with Crippen molar-refractivity contribution in [1.29, 1.82) is 0 Å². The van der Waals surface area contributed by atoms with Gasteiger partial charge < -0.3 is 5.73 Å². The summed E-state index contributed by atoms with van der Waals surface area (Å²) in [4.78, 5) is 5.30. The van der Waals surface area contributed by atoms with E-state index >= 15 is 0 Å². The van der Waals surface area contributed by atoms with Crippen LogP contribution >= 0.6 is 35.1 Å². The summed E-state index contributed by atoms with van der Waals surface area (Å²) in [5.74, 6) is 0.235. The molecule has 1 aliphatic rings. The number of aromatic nitrogens is 1. The zero-order valence-corrected chi connectivity index (χ0v) is 16.7. The zero-order valence-electron chi connectivity index (χ0n) is 13.4. The van der Waals surface area contributed by atoms with Crippen LogP contribution < -0.4 is 10.5 Å². The molecule has 24 heavy (non-hydrogen) atoms. The molecule has 3 N–H and O–H groups in total. The maximum atomic E-state index is 12.7. The summed E-state index contributed by atoms with van der Waals surface area (Å²) in [5.41, 5.74) is 6.64. The van der Waals surface area contributed by atoms with Gasteiger partial charge in [0.25, 0.3) is 0 Å². The predicted octanol–water partition coefficient (Wildman–Crippen LogP) is 3.40. The second-order valence-corrected chi connectivity index (χ2v) is 9.97. The first-order valence-corrected chi connectivity index (χ1v) is 10.9. The van der Waals surface area contributed by atoms with Crippen LogP contribution in [0.5, 0.6) is 0 Å². The molecule has 2 aromatic rings. The van der Waals surface area contributed by atoms with Crippen LogP contribution in [0, 0.1) is 12.8 Å². The summed E-state index contributed by atoms with van der Waals surface area (Å²) in [6.07, 6.45) is 4.05. The average molecular weight is 408 g/mol. The molecule has 0 saturated heterocycles. The lowest BCUT2D eigenvalue weighted by Crippen LogP contribution is -2.44. The van der Waals surface area contributed by atoms with Crippen LogP contribution in [-0.4, -0.2) is 26.0 Å². The smallest absolute Gasteiger partial charge is 0.250 e. The number of thiophene rings is 1. The van der Waals surface area contributed by atoms with Gasteiger partial charge in [0.1, 0.15) is 4.21 Å². The largest absolute Gasteiger partial charge is 0.330 e. The van der Waals surface area contributed by atoms with Crippen molar-refractivity contribution in [1.82, 2.24) is 9.71 Å². The summed E-state index contributed by atoms with van der Waals surface area (Å²) in [6, 6.07) is 3.44. The Morgan fingerprint density at radius 1 is 1.33 bits per heavy atom. The number of nitrogens with zero attached hydrogens (tertiary/aromatic N) is 1. The van der Waals surface area contributed by atoms with Gasteiger partial charge in [0.15, 0.2) is 0 Å². The number of hydrogen-bond acceptors (Lipinski definition) is 6. The second-order valence-electron chi connectivity index (χ2n) is 5.88. The van der Waals surface area contributed by atoms with Gasteiger partial charge in [-0.15, -0.1) is 35.1 Å². The van der Waals surface area contributed by atoms with E-state index in [0.717, 1.165) is 41.3 Å². The van der Waals surface area contributed by atoms with Gasteiger partial charge in [-0.1, -0.05) is 12.8 Å². The Bertz CT molecular complexity index is 773. The number of rotatable bonds is 5. The van der Waals surface area contributed by atoms with Crippen molar-refractivity contribution in [2.75, 3.05) is 6.54 Å². The number of sulfonamides is 1. The molecule has 2 atom stereocenters. The molecule has 2 aromatic heterocycles. The number of thiazole rings is 1. The van der Waals surface area contributed by atoms with Crippen LogP contribution in [0.4, 0.5) is 0 Å². The van der Waals surface area contributed by atoms with Crippen molar-refractivity contribution >= 4 is 45.1 Å². The first-order chi connectivity index (χ1) is 11.0. The average Bonchev–Trinajstić information content (AvgIpc) is 3.16. The Morgan fingerprint density at radius 2 is 2.08 bits per heavy atom. The monoisotopic (exact) mass is 407 g/mol. The molecule has 134 valence electrons. The topological polar surface area (TPSA) is 85.1 Å². The van der Waals surface area contributed by atoms with Crippen LogP contribution in [0.15, 0.2) is 21.7 Å². The van der Waals surface area contributed by atoms with E-state index in [0.29, 0.717) is 10.8 Å². The van der Waals surface area contributed by atoms with Gasteiger partial charge in [-0.25, -0.2) is 18.1 Å². The number of hydrogen-bond donors (Lipinski definition) is 2. The van der Waals surface area contributed by atoms with Gasteiger partial charge >= 0.3 is 0 Å². The minimum Gasteiger partial charge on any atom is -0.330 e. The molecule has 0 amide bonds. The summed E-state index contributed by atoms with van der Waals surface area (Å²) in [5, 5.41) is 2.93. The maximum Gasteiger partial charge on any atom is 0.250 e. The van der Waals surface area contributed by atoms with Crippen LogP contribution in [0.1, 0.15) is 30.7 Å². The molecule has 0 aliphatic heterocycles. The Labute approximate surface area is 157 Å². The fraction of sp³-hybridized carbons (Fsp3) is 0.533. The first-order valence-electron chi connectivity index (χ1n) is 7.74. The van der Waals surface area contributed by atoms with Gasteiger partial charge in [-0.3, -0.25) is 0 Å². The zero-order chi connectivity index (χ0) is 16.4. The highest BCUT2D eigenvalue weighted by molar-refractivity contribution is 7.91. The molecule has 0 radical (unpaired) electrons. The molecule has 5 nitrogen and oxygen atoms in total. The maximum absolute atomic E-state index is 12.7. The van der Waals surface area contributed by atoms with Gasteiger partial charge in [0, 0.05) is 11.4 Å². The van der Waals surface area contributed by atoms with Crippen molar-refractivity contribution in [3.8, 4) is 10.6 Å². The van der Waals surface area contributed by atoms with Crippen molar-refractivity contribution in [2.45, 2.75) is 42.9 Å². The summed E-state index contributed by atoms with van der Waals surface area (Å²) >= 11 is 2.83. The van der Waals surface area contributed by atoms with Crippen molar-refractivity contribution < 1.29 is 8.42 Å². The fourth-order valence-corrected chi connectivity index (χ4v) is 6.29. The van der Waals surface area contributed by atoms with Crippen LogP contribution in [0.2, 0.25) is 0 Å². The second kappa shape index (κ2) is 8.25. The molecule has 0 aromatic carbocycles. The van der Waals surface area contributed by atoms with Gasteiger partial charge in [0.05, 0.1) is 15.6 Å². The molecular formula is C15H22ClN3O2S3. The lowest BCUT2D eigenvalue weighted by atomic mass is 9.85. The quantitative estimate of drug-likeness (QED) is 0.795. The van der Waals surface area contributed by atoms with E-state index in [1.54, 1.807) is 17.4 Å². The van der Waals surface area contributed by atoms with Gasteiger partial charge in [-0.2, -0.15) is 0 Å². The van der Waals surface area contributed by atoms with E-state index in [2.05, 4.69) is 9.71 Å². The Hall–Kier alpha value is -0.510. The SMILES string of the molecule is Cc1nc(-c2ccc(S(=O)(=O)NC3CCCCC3CN)s2)cs1.Cl. The van der Waals surface area contributed by atoms with E-state index in [1.807, 2.05) is 18.4 Å². The van der Waals surface area contributed by atoms with Crippen molar-refractivity contribution in [3.05, 3.63) is 22.5 Å². The van der Waals surface area contributed by atoms with Gasteiger partial charge in [-0.05, 0) is 44.4 Å². The molecule has 0 bridgehead atoms. The highest BCUT2D eigenvalue weighted by Crippen LogP contribution is 2.32. The third-order valence-corrected chi connectivity index (χ3v) is 8.10. The van der Waals surface area contributed by atoms with Crippen LogP contribution in [0.25, 0.3) is 10.6 Å². The molecule has 2 unspecified atom stereocenters. The molecule has 2 heterocycles. The summed E-state index contributed by atoms with van der Waals surface area (Å²) in [7, 11) is -3.49. The molecule has 1 saturated carbocycles. The minimum atomic E-state index is -3.49. The first kappa shape index (κ1) is 19.8. The molecule has 9 heteroatoms. The van der Waals surface area contributed by atoms with E-state index in [1.165, 1.54) is 11.3 Å². The molecule has 3 rings (SSSR count). The third-order valence-electron chi connectivity index (χ3n) is 4.24. The lowest BCUT2D eigenvalue weighted by molar-refractivity contribution is 0.296. The van der Waals surface area contributed by atoms with Crippen molar-refractivity contribution in [2.24, 2.45) is 11.7 Å². The number of nitrogens with two attached hydrogens (primary N) is 1. The van der Waals surface area contributed by atoms with Gasteiger partial charge in [0.2, 0.25) is 10.0 Å². The van der Waals surface area contributed by atoms with E-state index in [4.69, 9.17) is 5.73 Å². The number of aryl methyl sites for hydroxylation is 1. The number of nitrogens with one attached hydrogen (secondary N) is 1. The van der Waals surface area contributed by atoms with Crippen LogP contribution in [-0.2, 0) is 10.0 Å². The van der Waals surface area contributed by atoms with E-state index in [9.17, 15) is 8.42 Å². The normalized spacial score (nSPS) is 21.4. The highest BCUT2D eigenvalue weighted by atomic mass is 35.5. The summed E-state index contributed by atoms with van der Waals surface area (Å²) in [6.45, 7) is 2.47. The Balaban J connectivity index is 0.00000208. The molecule has 1 aliphatic carbocycles. The molecule has 1 fully saturated rings. The van der Waals surface area contributed by atoms with Crippen LogP contribution in [0.3, 0.4) is 0 Å². The molecular weight excluding hydrogens is 386 g/mol. The lowest BCUT2D eigenvalue weighted by Gasteiger charge is -2.30. The molecule has 0 spiro atoms. The van der Waals surface area contributed by atoms with E-state index < -0.39 is 10.0 Å². The van der Waals surface area contributed by atoms with Crippen molar-refractivity contribution in [3.63, 3.8) is 0 Å². The Morgan fingerprint density at radius 3 is 2.75 bits per heavy atom. The summed E-state index contributed by atoms with van der Waals surface area (Å²) < 4.78 is 28.5. The van der Waals surface area contributed by atoms with E-state index in [-0.39, 0.29) is 24.4 Å². The number of halogens is 1. The minimum absolute atomic E-state index is 0.